The number of hydrogen-bond donors (Lipinski definition) is 1. The molecule has 2 unspecified atom stereocenters. The Balaban J connectivity index is 1.43. The standard InChI is InChI=1S/C21H21N3O5S/c22-18-5-10-24(21(18)7-8-21)30(27)17-3-1-2-16-15(17)4-9-23(19(16)25)13-29-20(26)14-6-11-28-12-14/h1-4,6,9,11-12,18H,5,7-8,10,13,22H2. The van der Waals surface area contributed by atoms with Crippen LogP contribution in [0.5, 0.6) is 0 Å². The molecule has 156 valence electrons. The maximum Gasteiger partial charge on any atom is 0.343 e. The maximum atomic E-state index is 13.4. The minimum Gasteiger partial charge on any atom is -0.593 e. The largest absolute Gasteiger partial charge is 0.593 e. The minimum absolute atomic E-state index is 0.0403. The summed E-state index contributed by atoms with van der Waals surface area (Å²) in [6, 6.07) is 8.48. The Morgan fingerprint density at radius 2 is 2.13 bits per heavy atom. The van der Waals surface area contributed by atoms with Crippen LogP contribution in [-0.2, 0) is 22.8 Å². The van der Waals surface area contributed by atoms with E-state index in [1.54, 1.807) is 30.5 Å². The fourth-order valence-electron chi connectivity index (χ4n) is 4.18. The van der Waals surface area contributed by atoms with Gasteiger partial charge in [0.25, 0.3) is 5.56 Å². The first kappa shape index (κ1) is 19.4. The molecule has 0 radical (unpaired) electrons. The van der Waals surface area contributed by atoms with Crippen molar-refractivity contribution in [3.05, 3.63) is 65.0 Å². The molecule has 8 nitrogen and oxygen atoms in total. The average Bonchev–Trinajstić information content (AvgIpc) is 3.23. The molecule has 9 heteroatoms. The van der Waals surface area contributed by atoms with Crippen molar-refractivity contribution in [3.8, 4) is 0 Å². The highest BCUT2D eigenvalue weighted by Gasteiger charge is 2.61. The lowest BCUT2D eigenvalue weighted by atomic mass is 10.1. The van der Waals surface area contributed by atoms with E-state index in [-0.39, 0.29) is 29.4 Å². The number of nitrogens with zero attached hydrogens (tertiary/aromatic N) is 2. The zero-order chi connectivity index (χ0) is 20.9. The molecule has 1 saturated carbocycles. The van der Waals surface area contributed by atoms with E-state index in [1.807, 2.05) is 4.31 Å². The molecule has 1 aromatic carbocycles. The van der Waals surface area contributed by atoms with Crippen LogP contribution < -0.4 is 11.3 Å². The second-order valence-corrected chi connectivity index (χ2v) is 9.11. The summed E-state index contributed by atoms with van der Waals surface area (Å²) in [4.78, 5) is 25.5. The number of esters is 1. The number of furan rings is 1. The van der Waals surface area contributed by atoms with Crippen LogP contribution >= 0.6 is 0 Å². The highest BCUT2D eigenvalue weighted by molar-refractivity contribution is 7.89. The maximum absolute atomic E-state index is 13.4. The number of aromatic nitrogens is 1. The highest BCUT2D eigenvalue weighted by Crippen LogP contribution is 2.51. The van der Waals surface area contributed by atoms with Crippen molar-refractivity contribution in [3.63, 3.8) is 0 Å². The Morgan fingerprint density at radius 1 is 1.30 bits per heavy atom. The van der Waals surface area contributed by atoms with Crippen LogP contribution in [0.3, 0.4) is 0 Å². The van der Waals surface area contributed by atoms with Gasteiger partial charge in [0.15, 0.2) is 11.6 Å². The van der Waals surface area contributed by atoms with Gasteiger partial charge >= 0.3 is 5.97 Å². The van der Waals surface area contributed by atoms with Gasteiger partial charge in [-0.3, -0.25) is 9.36 Å². The van der Waals surface area contributed by atoms with Gasteiger partial charge in [-0.2, -0.15) is 0 Å². The van der Waals surface area contributed by atoms with E-state index >= 15 is 0 Å². The van der Waals surface area contributed by atoms with Gasteiger partial charge in [-0.1, -0.05) is 6.07 Å². The third-order valence-corrected chi connectivity index (χ3v) is 7.73. The van der Waals surface area contributed by atoms with Crippen molar-refractivity contribution in [2.45, 2.75) is 42.5 Å². The van der Waals surface area contributed by atoms with Crippen LogP contribution in [0.1, 0.15) is 29.6 Å². The van der Waals surface area contributed by atoms with Crippen LogP contribution in [0.2, 0.25) is 0 Å². The Bertz CT molecular complexity index is 1160. The molecule has 2 aliphatic rings. The van der Waals surface area contributed by atoms with E-state index in [1.165, 1.54) is 23.2 Å². The number of fused-ring (bicyclic) bond motifs is 1. The first-order valence-corrected chi connectivity index (χ1v) is 10.9. The summed E-state index contributed by atoms with van der Waals surface area (Å²) in [5.41, 5.74) is 6.05. The lowest BCUT2D eigenvalue weighted by molar-refractivity contribution is 0.0366. The lowest BCUT2D eigenvalue weighted by Crippen LogP contribution is -2.44. The predicted molar refractivity (Wildman–Crippen MR) is 110 cm³/mol. The lowest BCUT2D eigenvalue weighted by Gasteiger charge is -2.27. The van der Waals surface area contributed by atoms with Crippen LogP contribution in [0, 0.1) is 0 Å². The van der Waals surface area contributed by atoms with Crippen molar-refractivity contribution < 1.29 is 18.5 Å². The number of hydrogen-bond acceptors (Lipinski definition) is 7. The molecule has 1 saturated heterocycles. The van der Waals surface area contributed by atoms with Gasteiger partial charge in [-0.25, -0.2) is 4.79 Å². The number of benzene rings is 1. The number of rotatable bonds is 5. The van der Waals surface area contributed by atoms with Crippen molar-refractivity contribution in [2.24, 2.45) is 5.73 Å². The molecule has 1 spiro atoms. The van der Waals surface area contributed by atoms with Crippen LogP contribution in [0.25, 0.3) is 10.8 Å². The van der Waals surface area contributed by atoms with Gasteiger partial charge in [0.05, 0.1) is 34.1 Å². The van der Waals surface area contributed by atoms with E-state index in [2.05, 4.69) is 0 Å². The zero-order valence-corrected chi connectivity index (χ0v) is 17.0. The molecule has 2 fully saturated rings. The summed E-state index contributed by atoms with van der Waals surface area (Å²) in [6.45, 7) is 0.460. The zero-order valence-electron chi connectivity index (χ0n) is 16.2. The summed E-state index contributed by atoms with van der Waals surface area (Å²) in [5.74, 6) is -0.578. The van der Waals surface area contributed by atoms with E-state index in [9.17, 15) is 14.1 Å². The molecular weight excluding hydrogens is 406 g/mol. The first-order valence-electron chi connectivity index (χ1n) is 9.78. The number of carbonyl (C=O) groups excluding carboxylic acids is 1. The quantitative estimate of drug-likeness (QED) is 0.489. The fourth-order valence-corrected chi connectivity index (χ4v) is 5.90. The minimum atomic E-state index is -1.40. The third-order valence-electron chi connectivity index (χ3n) is 6.05. The highest BCUT2D eigenvalue weighted by atomic mass is 32.2. The topological polar surface area (TPSA) is 114 Å². The first-order chi connectivity index (χ1) is 14.5. The number of ether oxygens (including phenoxy) is 1. The third kappa shape index (κ3) is 3.05. The molecule has 2 N–H and O–H groups in total. The Labute approximate surface area is 175 Å². The van der Waals surface area contributed by atoms with Crippen molar-refractivity contribution >= 4 is 28.1 Å². The van der Waals surface area contributed by atoms with Gasteiger partial charge < -0.3 is 19.4 Å². The Kier molecular flexibility index (Phi) is 4.70. The second-order valence-electron chi connectivity index (χ2n) is 7.73. The smallest absolute Gasteiger partial charge is 0.343 e. The SMILES string of the molecule is NC1CCN([S+]([O-])c2cccc3c(=O)n(COC(=O)c4ccoc4)ccc23)C12CC2. The summed E-state index contributed by atoms with van der Waals surface area (Å²) in [7, 11) is 0. The van der Waals surface area contributed by atoms with Crippen LogP contribution in [0.15, 0.2) is 63.2 Å². The molecule has 0 amide bonds. The fraction of sp³-hybridized carbons (Fsp3) is 0.333. The Hall–Kier alpha value is -2.59. The Morgan fingerprint density at radius 3 is 2.87 bits per heavy atom. The van der Waals surface area contributed by atoms with Crippen molar-refractivity contribution in [1.82, 2.24) is 8.87 Å². The van der Waals surface area contributed by atoms with Gasteiger partial charge in [-0.05, 0) is 43.5 Å². The van der Waals surface area contributed by atoms with Crippen molar-refractivity contribution in [1.29, 1.82) is 0 Å². The molecule has 2 aromatic heterocycles. The van der Waals surface area contributed by atoms with E-state index in [4.69, 9.17) is 14.9 Å². The molecular formula is C21H21N3O5S. The number of pyridine rings is 1. The second kappa shape index (κ2) is 7.28. The summed E-state index contributed by atoms with van der Waals surface area (Å²) in [5, 5.41) is 1.06. The van der Waals surface area contributed by atoms with Crippen LogP contribution in [0.4, 0.5) is 0 Å². The monoisotopic (exact) mass is 427 g/mol. The average molecular weight is 427 g/mol. The predicted octanol–water partition coefficient (Wildman–Crippen LogP) is 2.00. The van der Waals surface area contributed by atoms with Crippen molar-refractivity contribution in [2.75, 3.05) is 6.54 Å². The normalized spacial score (nSPS) is 21.2. The summed E-state index contributed by atoms with van der Waals surface area (Å²) >= 11 is -1.40. The van der Waals surface area contributed by atoms with Crippen LogP contribution in [-0.4, -0.2) is 37.5 Å². The van der Waals surface area contributed by atoms with E-state index in [0.717, 1.165) is 19.3 Å². The number of carbonyl (C=O) groups is 1. The van der Waals surface area contributed by atoms with E-state index in [0.29, 0.717) is 22.2 Å². The molecule has 2 atom stereocenters. The van der Waals surface area contributed by atoms with Gasteiger partial charge in [-0.15, -0.1) is 4.31 Å². The summed E-state index contributed by atoms with van der Waals surface area (Å²) in [6.07, 6.45) is 6.95. The van der Waals surface area contributed by atoms with E-state index < -0.39 is 17.3 Å². The molecule has 3 heterocycles. The molecule has 5 rings (SSSR count). The molecule has 3 aromatic rings. The van der Waals surface area contributed by atoms with Gasteiger partial charge in [0, 0.05) is 24.2 Å². The molecule has 30 heavy (non-hydrogen) atoms. The molecule has 1 aliphatic heterocycles. The van der Waals surface area contributed by atoms with Gasteiger partial charge in [0.1, 0.15) is 6.26 Å². The summed E-state index contributed by atoms with van der Waals surface area (Å²) < 4.78 is 26.7. The molecule has 0 bridgehead atoms. The number of nitrogens with two attached hydrogens (primary N) is 1. The van der Waals surface area contributed by atoms with Gasteiger partial charge in [0.2, 0.25) is 0 Å². The molecule has 1 aliphatic carbocycles.